The fraction of sp³-hybridized carbons (Fsp3) is 0.273. The predicted molar refractivity (Wildman–Crippen MR) is 114 cm³/mol. The van der Waals surface area contributed by atoms with Gasteiger partial charge in [0.2, 0.25) is 5.95 Å². The Labute approximate surface area is 170 Å². The number of benzene rings is 2. The van der Waals surface area contributed by atoms with E-state index in [2.05, 4.69) is 27.8 Å². The second-order valence-electron chi connectivity index (χ2n) is 6.82. The molecule has 1 atom stereocenters. The standard InChI is InChI=1S/C22H23ClN4O/c23-18-10-8-16(9-11-18)14-24-21-13-20(17-5-2-1-3-6-17)26-22(27-21)25-15-19-7-4-12-28-19/h1-3,5-6,8-11,13,19H,4,7,12,14-15H2,(H2,24,25,26,27). The summed E-state index contributed by atoms with van der Waals surface area (Å²) in [4.78, 5) is 9.33. The first-order valence-corrected chi connectivity index (χ1v) is 9.92. The van der Waals surface area contributed by atoms with Gasteiger partial charge in [-0.2, -0.15) is 4.98 Å². The Morgan fingerprint density at radius 2 is 1.82 bits per heavy atom. The predicted octanol–water partition coefficient (Wildman–Crippen LogP) is 5.00. The average molecular weight is 395 g/mol. The first-order chi connectivity index (χ1) is 13.8. The lowest BCUT2D eigenvalue weighted by molar-refractivity contribution is 0.120. The number of halogens is 1. The lowest BCUT2D eigenvalue weighted by atomic mass is 10.1. The summed E-state index contributed by atoms with van der Waals surface area (Å²) in [6.45, 7) is 2.22. The summed E-state index contributed by atoms with van der Waals surface area (Å²) >= 11 is 5.97. The quantitative estimate of drug-likeness (QED) is 0.590. The fourth-order valence-electron chi connectivity index (χ4n) is 3.18. The molecule has 144 valence electrons. The Bertz CT molecular complexity index is 896. The van der Waals surface area contributed by atoms with Gasteiger partial charge in [0.25, 0.3) is 0 Å². The summed E-state index contributed by atoms with van der Waals surface area (Å²) in [5.41, 5.74) is 3.07. The number of nitrogens with zero attached hydrogens (tertiary/aromatic N) is 2. The van der Waals surface area contributed by atoms with Gasteiger partial charge in [-0.1, -0.05) is 54.1 Å². The number of rotatable bonds is 7. The molecule has 0 saturated carbocycles. The van der Waals surface area contributed by atoms with Crippen LogP contribution in [0.5, 0.6) is 0 Å². The zero-order valence-electron chi connectivity index (χ0n) is 15.6. The number of ether oxygens (including phenoxy) is 1. The minimum Gasteiger partial charge on any atom is -0.376 e. The van der Waals surface area contributed by atoms with Gasteiger partial charge in [0.05, 0.1) is 11.8 Å². The van der Waals surface area contributed by atoms with Crippen molar-refractivity contribution in [2.45, 2.75) is 25.5 Å². The van der Waals surface area contributed by atoms with Crippen molar-refractivity contribution in [2.24, 2.45) is 0 Å². The molecule has 4 rings (SSSR count). The molecular formula is C22H23ClN4O. The van der Waals surface area contributed by atoms with Crippen molar-refractivity contribution in [3.05, 3.63) is 71.2 Å². The molecule has 1 saturated heterocycles. The summed E-state index contributed by atoms with van der Waals surface area (Å²) in [7, 11) is 0. The van der Waals surface area contributed by atoms with E-state index in [9.17, 15) is 0 Å². The Hall–Kier alpha value is -2.63. The van der Waals surface area contributed by atoms with Crippen LogP contribution in [0.3, 0.4) is 0 Å². The van der Waals surface area contributed by atoms with Crippen LogP contribution in [-0.2, 0) is 11.3 Å². The SMILES string of the molecule is Clc1ccc(CNc2cc(-c3ccccc3)nc(NCC3CCCO3)n2)cc1. The molecule has 1 unspecified atom stereocenters. The molecule has 5 nitrogen and oxygen atoms in total. The molecule has 28 heavy (non-hydrogen) atoms. The molecule has 0 aliphatic carbocycles. The molecule has 6 heteroatoms. The first kappa shape index (κ1) is 18.7. The van der Waals surface area contributed by atoms with E-state index in [4.69, 9.17) is 21.3 Å². The van der Waals surface area contributed by atoms with E-state index in [0.29, 0.717) is 12.5 Å². The maximum absolute atomic E-state index is 5.97. The fourth-order valence-corrected chi connectivity index (χ4v) is 3.30. The molecule has 0 amide bonds. The monoisotopic (exact) mass is 394 g/mol. The van der Waals surface area contributed by atoms with Crippen molar-refractivity contribution >= 4 is 23.4 Å². The van der Waals surface area contributed by atoms with E-state index in [-0.39, 0.29) is 6.10 Å². The molecule has 0 bridgehead atoms. The number of hydrogen-bond donors (Lipinski definition) is 2. The maximum atomic E-state index is 5.97. The lowest BCUT2D eigenvalue weighted by Crippen LogP contribution is -2.20. The molecule has 2 aromatic carbocycles. The highest BCUT2D eigenvalue weighted by Crippen LogP contribution is 2.22. The van der Waals surface area contributed by atoms with Crippen LogP contribution in [0.4, 0.5) is 11.8 Å². The summed E-state index contributed by atoms with van der Waals surface area (Å²) in [5.74, 6) is 1.38. The van der Waals surface area contributed by atoms with Gasteiger partial charge in [0, 0.05) is 36.3 Å². The summed E-state index contributed by atoms with van der Waals surface area (Å²) in [6.07, 6.45) is 2.42. The second kappa shape index (κ2) is 9.04. The Kier molecular flexibility index (Phi) is 6.04. The molecular weight excluding hydrogens is 372 g/mol. The molecule has 1 aliphatic rings. The van der Waals surface area contributed by atoms with Crippen LogP contribution >= 0.6 is 11.6 Å². The molecule has 1 aromatic heterocycles. The smallest absolute Gasteiger partial charge is 0.225 e. The van der Waals surface area contributed by atoms with E-state index in [1.165, 1.54) is 0 Å². The van der Waals surface area contributed by atoms with E-state index in [1.807, 2.05) is 48.5 Å². The normalized spacial score (nSPS) is 16.1. The van der Waals surface area contributed by atoms with Gasteiger partial charge in [-0.3, -0.25) is 0 Å². The Balaban J connectivity index is 1.53. The molecule has 0 radical (unpaired) electrons. The summed E-state index contributed by atoms with van der Waals surface area (Å²) in [6, 6.07) is 19.9. The third-order valence-corrected chi connectivity index (χ3v) is 4.95. The zero-order chi connectivity index (χ0) is 19.2. The van der Waals surface area contributed by atoms with Crippen LogP contribution in [0.2, 0.25) is 5.02 Å². The highest BCUT2D eigenvalue weighted by molar-refractivity contribution is 6.30. The van der Waals surface area contributed by atoms with Gasteiger partial charge in [-0.05, 0) is 30.5 Å². The molecule has 1 aliphatic heterocycles. The van der Waals surface area contributed by atoms with E-state index in [0.717, 1.165) is 53.7 Å². The third-order valence-electron chi connectivity index (χ3n) is 4.69. The van der Waals surface area contributed by atoms with Crippen molar-refractivity contribution in [2.75, 3.05) is 23.8 Å². The highest BCUT2D eigenvalue weighted by atomic mass is 35.5. The number of nitrogens with one attached hydrogen (secondary N) is 2. The van der Waals surface area contributed by atoms with Gasteiger partial charge in [0.1, 0.15) is 5.82 Å². The van der Waals surface area contributed by atoms with E-state index >= 15 is 0 Å². The van der Waals surface area contributed by atoms with Gasteiger partial charge < -0.3 is 15.4 Å². The topological polar surface area (TPSA) is 59.1 Å². The van der Waals surface area contributed by atoms with Crippen molar-refractivity contribution in [3.8, 4) is 11.3 Å². The number of anilines is 2. The number of hydrogen-bond acceptors (Lipinski definition) is 5. The average Bonchev–Trinajstić information content (AvgIpc) is 3.26. The second-order valence-corrected chi connectivity index (χ2v) is 7.26. The minimum absolute atomic E-state index is 0.231. The van der Waals surface area contributed by atoms with Gasteiger partial charge >= 0.3 is 0 Å². The van der Waals surface area contributed by atoms with Gasteiger partial charge in [0.15, 0.2) is 0 Å². The number of aromatic nitrogens is 2. The molecule has 2 heterocycles. The molecule has 0 spiro atoms. The summed E-state index contributed by atoms with van der Waals surface area (Å²) < 4.78 is 5.69. The minimum atomic E-state index is 0.231. The molecule has 2 N–H and O–H groups in total. The molecule has 1 fully saturated rings. The van der Waals surface area contributed by atoms with Crippen molar-refractivity contribution < 1.29 is 4.74 Å². The highest BCUT2D eigenvalue weighted by Gasteiger charge is 2.16. The van der Waals surface area contributed by atoms with Crippen molar-refractivity contribution in [3.63, 3.8) is 0 Å². The molecule has 3 aromatic rings. The van der Waals surface area contributed by atoms with Crippen LogP contribution in [-0.4, -0.2) is 29.2 Å². The first-order valence-electron chi connectivity index (χ1n) is 9.54. The van der Waals surface area contributed by atoms with Crippen molar-refractivity contribution in [1.29, 1.82) is 0 Å². The Morgan fingerprint density at radius 3 is 2.57 bits per heavy atom. The third kappa shape index (κ3) is 5.00. The zero-order valence-corrected chi connectivity index (χ0v) is 16.3. The van der Waals surface area contributed by atoms with E-state index < -0.39 is 0 Å². The van der Waals surface area contributed by atoms with Crippen LogP contribution in [0.1, 0.15) is 18.4 Å². The van der Waals surface area contributed by atoms with Gasteiger partial charge in [-0.25, -0.2) is 4.98 Å². The summed E-state index contributed by atoms with van der Waals surface area (Å²) in [5, 5.41) is 7.47. The largest absolute Gasteiger partial charge is 0.376 e. The van der Waals surface area contributed by atoms with Crippen LogP contribution in [0, 0.1) is 0 Å². The van der Waals surface area contributed by atoms with Gasteiger partial charge in [-0.15, -0.1) is 0 Å². The Morgan fingerprint density at radius 1 is 1.00 bits per heavy atom. The van der Waals surface area contributed by atoms with Crippen LogP contribution in [0.15, 0.2) is 60.7 Å². The van der Waals surface area contributed by atoms with Crippen LogP contribution in [0.25, 0.3) is 11.3 Å². The van der Waals surface area contributed by atoms with Crippen LogP contribution < -0.4 is 10.6 Å². The van der Waals surface area contributed by atoms with Crippen molar-refractivity contribution in [1.82, 2.24) is 9.97 Å². The maximum Gasteiger partial charge on any atom is 0.225 e. The van der Waals surface area contributed by atoms with E-state index in [1.54, 1.807) is 0 Å². The lowest BCUT2D eigenvalue weighted by Gasteiger charge is -2.14.